The highest BCUT2D eigenvalue weighted by Gasteiger charge is 2.19. The summed E-state index contributed by atoms with van der Waals surface area (Å²) in [5, 5.41) is 15.5. The molecule has 0 aliphatic heterocycles. The van der Waals surface area contributed by atoms with Crippen molar-refractivity contribution in [2.45, 2.75) is 6.61 Å². The first kappa shape index (κ1) is 21.7. The molecule has 0 radical (unpaired) electrons. The second-order valence-corrected chi connectivity index (χ2v) is 7.74. The van der Waals surface area contributed by atoms with E-state index >= 15 is 0 Å². The van der Waals surface area contributed by atoms with Crippen LogP contribution < -0.4 is 14.8 Å². The number of para-hydroxylation sites is 2. The fraction of sp³-hybridized carbons (Fsp3) is 0.174. The second kappa shape index (κ2) is 9.75. The van der Waals surface area contributed by atoms with Crippen LogP contribution in [0.4, 0.5) is 5.82 Å². The summed E-state index contributed by atoms with van der Waals surface area (Å²) >= 11 is 6.36. The van der Waals surface area contributed by atoms with Gasteiger partial charge >= 0.3 is 6.01 Å². The molecule has 3 heterocycles. The third kappa shape index (κ3) is 4.62. The van der Waals surface area contributed by atoms with Crippen LogP contribution in [0.2, 0.25) is 5.02 Å². The zero-order chi connectivity index (χ0) is 23.3. The van der Waals surface area contributed by atoms with Crippen LogP contribution in [0.5, 0.6) is 11.8 Å². The van der Waals surface area contributed by atoms with Crippen LogP contribution >= 0.6 is 11.6 Å². The monoisotopic (exact) mass is 476 g/mol. The molecule has 11 heteroatoms. The Morgan fingerprint density at radius 3 is 2.62 bits per heavy atom. The van der Waals surface area contributed by atoms with Gasteiger partial charge in [-0.15, -0.1) is 0 Å². The lowest BCUT2D eigenvalue weighted by molar-refractivity contribution is 0.272. The number of hydrogen-bond acceptors (Lipinski definition) is 8. The zero-order valence-electron chi connectivity index (χ0n) is 18.3. The first-order valence-corrected chi connectivity index (χ1v) is 11.0. The van der Waals surface area contributed by atoms with Crippen LogP contribution in [-0.4, -0.2) is 47.9 Å². The van der Waals surface area contributed by atoms with E-state index in [-0.39, 0.29) is 6.61 Å². The fourth-order valence-electron chi connectivity index (χ4n) is 3.41. The Morgan fingerprint density at radius 1 is 0.941 bits per heavy atom. The maximum atomic E-state index is 6.36. The molecule has 0 saturated carbocycles. The van der Waals surface area contributed by atoms with Gasteiger partial charge in [-0.2, -0.15) is 4.98 Å². The number of ether oxygens (including phenoxy) is 2. The number of halogens is 1. The lowest BCUT2D eigenvalue weighted by Gasteiger charge is -2.10. The maximum absolute atomic E-state index is 6.36. The Morgan fingerprint density at radius 2 is 1.79 bits per heavy atom. The molecule has 0 amide bonds. The topological polar surface area (TPSA) is 105 Å². The van der Waals surface area contributed by atoms with Gasteiger partial charge in [-0.3, -0.25) is 0 Å². The Balaban J connectivity index is 1.28. The average molecular weight is 477 g/mol. The molecule has 0 unspecified atom stereocenters. The van der Waals surface area contributed by atoms with Gasteiger partial charge in [0.2, 0.25) is 0 Å². The minimum atomic E-state index is 0.197. The van der Waals surface area contributed by atoms with Gasteiger partial charge in [-0.1, -0.05) is 47.0 Å². The van der Waals surface area contributed by atoms with E-state index in [2.05, 4.69) is 30.8 Å². The van der Waals surface area contributed by atoms with Crippen molar-refractivity contribution in [3.63, 3.8) is 0 Å². The first-order valence-electron chi connectivity index (χ1n) is 10.6. The van der Waals surface area contributed by atoms with Gasteiger partial charge < -0.3 is 14.8 Å². The van der Waals surface area contributed by atoms with Crippen molar-refractivity contribution in [1.82, 2.24) is 34.7 Å². The lowest BCUT2D eigenvalue weighted by atomic mass is 10.3. The number of benzene rings is 2. The molecule has 10 nitrogen and oxygen atoms in total. The summed E-state index contributed by atoms with van der Waals surface area (Å²) in [6, 6.07) is 21.2. The molecule has 3 aromatic heterocycles. The normalized spacial score (nSPS) is 11.0. The molecule has 172 valence electrons. The lowest BCUT2D eigenvalue weighted by Crippen LogP contribution is -2.13. The number of nitrogens with zero attached hydrogens (tertiary/aromatic N) is 7. The predicted octanol–water partition coefficient (Wildman–Crippen LogP) is 3.67. The van der Waals surface area contributed by atoms with Crippen molar-refractivity contribution in [3.8, 4) is 17.7 Å². The summed E-state index contributed by atoms with van der Waals surface area (Å²) in [5.41, 5.74) is 2.07. The first-order chi connectivity index (χ1) is 16.7. The molecule has 0 spiro atoms. The van der Waals surface area contributed by atoms with E-state index in [1.54, 1.807) is 17.7 Å². The number of nitrogens with one attached hydrogen (secondary N) is 1. The molecule has 34 heavy (non-hydrogen) atoms. The highest BCUT2D eigenvalue weighted by atomic mass is 35.5. The van der Waals surface area contributed by atoms with Crippen molar-refractivity contribution < 1.29 is 9.47 Å². The minimum absolute atomic E-state index is 0.197. The smallest absolute Gasteiger partial charge is 0.305 e. The van der Waals surface area contributed by atoms with E-state index in [0.717, 1.165) is 22.8 Å². The zero-order valence-corrected chi connectivity index (χ0v) is 19.1. The number of aromatic nitrogens is 7. The molecular weight excluding hydrogens is 456 g/mol. The standard InChI is InChI=1S/C23H21ClN8O2/c1-31-22(28-29-30-31)32-19-11-6-10-18(24)21(19)27-23(32)34-15-16-7-5-12-20(26-16)25-13-14-33-17-8-3-2-4-9-17/h2-12H,13-15H2,1H3,(H,25,26). The Labute approximate surface area is 200 Å². The third-order valence-electron chi connectivity index (χ3n) is 4.98. The van der Waals surface area contributed by atoms with Crippen LogP contribution in [0.3, 0.4) is 0 Å². The highest BCUT2D eigenvalue weighted by molar-refractivity contribution is 6.35. The van der Waals surface area contributed by atoms with E-state index in [4.69, 9.17) is 21.1 Å². The van der Waals surface area contributed by atoms with Gasteiger partial charge in [-0.25, -0.2) is 14.2 Å². The number of anilines is 1. The second-order valence-electron chi connectivity index (χ2n) is 7.33. The van der Waals surface area contributed by atoms with Gasteiger partial charge in [0.25, 0.3) is 5.95 Å². The molecule has 2 aromatic carbocycles. The number of hydrogen-bond donors (Lipinski definition) is 1. The molecule has 0 saturated heterocycles. The van der Waals surface area contributed by atoms with E-state index in [1.807, 2.05) is 60.7 Å². The van der Waals surface area contributed by atoms with Crippen LogP contribution in [0.1, 0.15) is 5.69 Å². The Kier molecular flexibility index (Phi) is 6.21. The minimum Gasteiger partial charge on any atom is -0.492 e. The molecule has 1 N–H and O–H groups in total. The molecule has 0 aliphatic rings. The van der Waals surface area contributed by atoms with Gasteiger partial charge in [-0.05, 0) is 46.8 Å². The van der Waals surface area contributed by atoms with Crippen molar-refractivity contribution in [2.75, 3.05) is 18.5 Å². The van der Waals surface area contributed by atoms with Crippen LogP contribution in [0.15, 0.2) is 66.7 Å². The summed E-state index contributed by atoms with van der Waals surface area (Å²) < 4.78 is 15.0. The van der Waals surface area contributed by atoms with Crippen LogP contribution in [0.25, 0.3) is 17.0 Å². The van der Waals surface area contributed by atoms with Crippen molar-refractivity contribution in [3.05, 3.63) is 77.4 Å². The predicted molar refractivity (Wildman–Crippen MR) is 127 cm³/mol. The highest BCUT2D eigenvalue weighted by Crippen LogP contribution is 2.29. The van der Waals surface area contributed by atoms with Crippen LogP contribution in [-0.2, 0) is 13.7 Å². The Hall–Kier alpha value is -4.18. The van der Waals surface area contributed by atoms with E-state index in [0.29, 0.717) is 35.6 Å². The maximum Gasteiger partial charge on any atom is 0.305 e. The third-order valence-corrected chi connectivity index (χ3v) is 5.28. The van der Waals surface area contributed by atoms with Gasteiger partial charge in [0.15, 0.2) is 0 Å². The fourth-order valence-corrected chi connectivity index (χ4v) is 3.62. The number of aryl methyl sites for hydroxylation is 1. The molecule has 5 rings (SSSR count). The van der Waals surface area contributed by atoms with E-state index in [9.17, 15) is 0 Å². The number of tetrazole rings is 1. The molecule has 5 aromatic rings. The largest absolute Gasteiger partial charge is 0.492 e. The molecule has 0 fully saturated rings. The van der Waals surface area contributed by atoms with Crippen LogP contribution in [0, 0.1) is 0 Å². The van der Waals surface area contributed by atoms with E-state index < -0.39 is 0 Å². The molecule has 0 atom stereocenters. The summed E-state index contributed by atoms with van der Waals surface area (Å²) in [6.07, 6.45) is 0. The molecule has 0 bridgehead atoms. The summed E-state index contributed by atoms with van der Waals surface area (Å²) in [7, 11) is 1.74. The SMILES string of the molecule is Cn1nnnc1-n1c(OCc2cccc(NCCOc3ccccc3)n2)nc2c(Cl)cccc21. The Bertz CT molecular complexity index is 1400. The molecular formula is C23H21ClN8O2. The van der Waals surface area contributed by atoms with Gasteiger partial charge in [0.1, 0.15) is 30.3 Å². The summed E-state index contributed by atoms with van der Waals surface area (Å²) in [6.45, 7) is 1.32. The van der Waals surface area contributed by atoms with Crippen molar-refractivity contribution >= 4 is 28.5 Å². The number of rotatable bonds is 9. The number of imidazole rings is 1. The number of pyridine rings is 1. The average Bonchev–Trinajstić information content (AvgIpc) is 3.45. The number of fused-ring (bicyclic) bond motifs is 1. The van der Waals surface area contributed by atoms with Crippen molar-refractivity contribution in [2.24, 2.45) is 7.05 Å². The summed E-state index contributed by atoms with van der Waals surface area (Å²) in [4.78, 5) is 9.19. The quantitative estimate of drug-likeness (QED) is 0.321. The molecule has 0 aliphatic carbocycles. The van der Waals surface area contributed by atoms with Crippen molar-refractivity contribution in [1.29, 1.82) is 0 Å². The van der Waals surface area contributed by atoms with E-state index in [1.165, 1.54) is 4.68 Å². The van der Waals surface area contributed by atoms with Gasteiger partial charge in [0.05, 0.1) is 22.8 Å². The van der Waals surface area contributed by atoms with Gasteiger partial charge in [0, 0.05) is 7.05 Å². The summed E-state index contributed by atoms with van der Waals surface area (Å²) in [5.74, 6) is 2.02.